The molecule has 1 aliphatic heterocycles. The molecule has 1 aliphatic rings. The Labute approximate surface area is 143 Å². The van der Waals surface area contributed by atoms with Crippen LogP contribution in [0, 0.1) is 0 Å². The van der Waals surface area contributed by atoms with E-state index < -0.39 is 11.7 Å². The number of aromatic nitrogens is 1. The van der Waals surface area contributed by atoms with Crippen molar-refractivity contribution in [3.8, 4) is 0 Å². The molecule has 2 N–H and O–H groups in total. The Morgan fingerprint density at radius 2 is 2.04 bits per heavy atom. The first-order chi connectivity index (χ1) is 10.4. The van der Waals surface area contributed by atoms with Gasteiger partial charge in [0.15, 0.2) is 0 Å². The van der Waals surface area contributed by atoms with Crippen molar-refractivity contribution in [2.45, 2.75) is 12.6 Å². The van der Waals surface area contributed by atoms with E-state index in [4.69, 9.17) is 11.6 Å². The number of pyridine rings is 1. The van der Waals surface area contributed by atoms with Crippen molar-refractivity contribution in [1.29, 1.82) is 0 Å². The van der Waals surface area contributed by atoms with Gasteiger partial charge in [0.05, 0.1) is 10.6 Å². The molecule has 0 radical (unpaired) electrons. The van der Waals surface area contributed by atoms with Crippen molar-refractivity contribution in [3.05, 3.63) is 22.8 Å². The van der Waals surface area contributed by atoms with Gasteiger partial charge in [0.25, 0.3) is 0 Å². The first-order valence-electron chi connectivity index (χ1n) is 6.83. The fourth-order valence-corrected chi connectivity index (χ4v) is 2.32. The standard InChI is InChI=1S/C13H16ClF3N4O.ClH/c14-10-7-9(13(15,16)17)8-20-12(10)19-2-1-11(22)21-5-3-18-4-6-21;/h7-8,18H,1-6H2,(H,19,20);1H. The number of hydrogen-bond acceptors (Lipinski definition) is 4. The molecule has 2 heterocycles. The molecule has 1 aromatic rings. The third kappa shape index (κ3) is 5.71. The van der Waals surface area contributed by atoms with E-state index in [1.807, 2.05) is 0 Å². The summed E-state index contributed by atoms with van der Waals surface area (Å²) in [5.74, 6) is 0.139. The van der Waals surface area contributed by atoms with Crippen LogP contribution in [-0.4, -0.2) is 48.5 Å². The predicted molar refractivity (Wildman–Crippen MR) is 84.1 cm³/mol. The molecular formula is C13H17Cl2F3N4O. The molecule has 0 atom stereocenters. The maximum atomic E-state index is 12.5. The number of alkyl halides is 3. The zero-order valence-corrected chi connectivity index (χ0v) is 13.7. The van der Waals surface area contributed by atoms with Crippen molar-refractivity contribution in [3.63, 3.8) is 0 Å². The molecule has 0 unspecified atom stereocenters. The van der Waals surface area contributed by atoms with Crippen molar-refractivity contribution >= 4 is 35.7 Å². The molecule has 1 fully saturated rings. The molecule has 2 rings (SSSR count). The molecular weight excluding hydrogens is 356 g/mol. The highest BCUT2D eigenvalue weighted by Gasteiger charge is 2.31. The van der Waals surface area contributed by atoms with Gasteiger partial charge in [0.2, 0.25) is 5.91 Å². The number of anilines is 1. The molecule has 1 saturated heterocycles. The SMILES string of the molecule is Cl.O=C(CCNc1ncc(C(F)(F)F)cc1Cl)N1CCNCC1. The van der Waals surface area contributed by atoms with Crippen molar-refractivity contribution in [1.82, 2.24) is 15.2 Å². The van der Waals surface area contributed by atoms with Gasteiger partial charge in [-0.05, 0) is 6.07 Å². The van der Waals surface area contributed by atoms with E-state index in [-0.39, 0.29) is 42.1 Å². The van der Waals surface area contributed by atoms with Gasteiger partial charge in [-0.15, -0.1) is 12.4 Å². The van der Waals surface area contributed by atoms with E-state index in [0.29, 0.717) is 19.3 Å². The average molecular weight is 373 g/mol. The molecule has 0 saturated carbocycles. The number of carbonyl (C=O) groups excluding carboxylic acids is 1. The number of rotatable bonds is 4. The minimum absolute atomic E-state index is 0. The van der Waals surface area contributed by atoms with Gasteiger partial charge in [-0.3, -0.25) is 4.79 Å². The van der Waals surface area contributed by atoms with Gasteiger partial charge in [-0.2, -0.15) is 13.2 Å². The van der Waals surface area contributed by atoms with Crippen LogP contribution in [0.5, 0.6) is 0 Å². The van der Waals surface area contributed by atoms with Crippen molar-refractivity contribution < 1.29 is 18.0 Å². The number of amides is 1. The minimum Gasteiger partial charge on any atom is -0.368 e. The summed E-state index contributed by atoms with van der Waals surface area (Å²) in [6.45, 7) is 3.13. The number of nitrogens with zero attached hydrogens (tertiary/aromatic N) is 2. The summed E-state index contributed by atoms with van der Waals surface area (Å²) >= 11 is 5.77. The molecule has 130 valence electrons. The topological polar surface area (TPSA) is 57.3 Å². The summed E-state index contributed by atoms with van der Waals surface area (Å²) in [5.41, 5.74) is -0.903. The normalized spacial score (nSPS) is 15.0. The van der Waals surface area contributed by atoms with Crippen LogP contribution in [0.1, 0.15) is 12.0 Å². The Kier molecular flexibility index (Phi) is 7.37. The third-order valence-corrected chi connectivity index (χ3v) is 3.56. The second kappa shape index (κ2) is 8.56. The zero-order valence-electron chi connectivity index (χ0n) is 12.1. The average Bonchev–Trinajstić information content (AvgIpc) is 2.48. The van der Waals surface area contributed by atoms with Crippen LogP contribution in [0.2, 0.25) is 5.02 Å². The molecule has 1 aromatic heterocycles. The monoisotopic (exact) mass is 372 g/mol. The Morgan fingerprint density at radius 3 is 2.61 bits per heavy atom. The lowest BCUT2D eigenvalue weighted by atomic mass is 10.2. The van der Waals surface area contributed by atoms with Crippen molar-refractivity contribution in [2.75, 3.05) is 38.0 Å². The molecule has 0 spiro atoms. The summed E-state index contributed by atoms with van der Waals surface area (Å²) in [5, 5.41) is 5.81. The van der Waals surface area contributed by atoms with Gasteiger partial charge in [0, 0.05) is 45.3 Å². The number of nitrogens with one attached hydrogen (secondary N) is 2. The lowest BCUT2D eigenvalue weighted by Crippen LogP contribution is -2.46. The van der Waals surface area contributed by atoms with Gasteiger partial charge in [-0.25, -0.2) is 4.98 Å². The second-order valence-electron chi connectivity index (χ2n) is 4.86. The van der Waals surface area contributed by atoms with E-state index >= 15 is 0 Å². The van der Waals surface area contributed by atoms with Crippen LogP contribution < -0.4 is 10.6 Å². The molecule has 5 nitrogen and oxygen atoms in total. The van der Waals surface area contributed by atoms with E-state index in [0.717, 1.165) is 19.2 Å². The van der Waals surface area contributed by atoms with Crippen LogP contribution in [0.3, 0.4) is 0 Å². The Bertz CT molecular complexity index is 536. The summed E-state index contributed by atoms with van der Waals surface area (Å²) in [6.07, 6.45) is -3.53. The quantitative estimate of drug-likeness (QED) is 0.851. The molecule has 0 aliphatic carbocycles. The Hall–Kier alpha value is -1.25. The Balaban J connectivity index is 0.00000264. The minimum atomic E-state index is -4.48. The maximum Gasteiger partial charge on any atom is 0.417 e. The van der Waals surface area contributed by atoms with Gasteiger partial charge in [0.1, 0.15) is 5.82 Å². The van der Waals surface area contributed by atoms with Crippen LogP contribution in [0.15, 0.2) is 12.3 Å². The second-order valence-corrected chi connectivity index (χ2v) is 5.27. The molecule has 1 amide bonds. The van der Waals surface area contributed by atoms with Crippen LogP contribution >= 0.6 is 24.0 Å². The number of carbonyl (C=O) groups is 1. The summed E-state index contributed by atoms with van der Waals surface area (Å²) in [7, 11) is 0. The summed E-state index contributed by atoms with van der Waals surface area (Å²) in [4.78, 5) is 17.3. The maximum absolute atomic E-state index is 12.5. The largest absolute Gasteiger partial charge is 0.417 e. The molecule has 0 aromatic carbocycles. The highest BCUT2D eigenvalue weighted by molar-refractivity contribution is 6.32. The fraction of sp³-hybridized carbons (Fsp3) is 0.538. The van der Waals surface area contributed by atoms with E-state index in [9.17, 15) is 18.0 Å². The van der Waals surface area contributed by atoms with E-state index in [1.54, 1.807) is 4.90 Å². The lowest BCUT2D eigenvalue weighted by Gasteiger charge is -2.27. The number of halogens is 5. The number of piperazine rings is 1. The summed E-state index contributed by atoms with van der Waals surface area (Å²) < 4.78 is 37.5. The first-order valence-corrected chi connectivity index (χ1v) is 7.21. The lowest BCUT2D eigenvalue weighted by molar-refractivity contribution is -0.137. The summed E-state index contributed by atoms with van der Waals surface area (Å²) in [6, 6.07) is 0.814. The van der Waals surface area contributed by atoms with Crippen LogP contribution in [-0.2, 0) is 11.0 Å². The molecule has 23 heavy (non-hydrogen) atoms. The number of hydrogen-bond donors (Lipinski definition) is 2. The van der Waals surface area contributed by atoms with Gasteiger partial charge in [-0.1, -0.05) is 11.6 Å². The van der Waals surface area contributed by atoms with Crippen molar-refractivity contribution in [2.24, 2.45) is 0 Å². The van der Waals surface area contributed by atoms with Crippen LogP contribution in [0.25, 0.3) is 0 Å². The smallest absolute Gasteiger partial charge is 0.368 e. The highest BCUT2D eigenvalue weighted by Crippen LogP contribution is 2.32. The predicted octanol–water partition coefficient (Wildman–Crippen LogP) is 2.41. The highest BCUT2D eigenvalue weighted by atomic mass is 35.5. The third-order valence-electron chi connectivity index (χ3n) is 3.27. The first kappa shape index (κ1) is 19.8. The zero-order chi connectivity index (χ0) is 16.2. The van der Waals surface area contributed by atoms with E-state index in [2.05, 4.69) is 15.6 Å². The molecule has 0 bridgehead atoms. The van der Waals surface area contributed by atoms with Crippen LogP contribution in [0.4, 0.5) is 19.0 Å². The Morgan fingerprint density at radius 1 is 1.39 bits per heavy atom. The van der Waals surface area contributed by atoms with Gasteiger partial charge >= 0.3 is 6.18 Å². The molecule has 10 heteroatoms. The fourth-order valence-electron chi connectivity index (χ4n) is 2.08. The van der Waals surface area contributed by atoms with E-state index in [1.165, 1.54) is 0 Å². The van der Waals surface area contributed by atoms with Gasteiger partial charge < -0.3 is 15.5 Å².